The summed E-state index contributed by atoms with van der Waals surface area (Å²) in [7, 11) is 0. The van der Waals surface area contributed by atoms with E-state index in [2.05, 4.69) is 41.5 Å². The predicted octanol–water partition coefficient (Wildman–Crippen LogP) is 5.57. The number of carbonyl (C=O) groups excluding carboxylic acids is 1. The van der Waals surface area contributed by atoms with Crippen LogP contribution in [0.3, 0.4) is 0 Å². The van der Waals surface area contributed by atoms with E-state index >= 15 is 0 Å². The van der Waals surface area contributed by atoms with Gasteiger partial charge in [0, 0.05) is 11.3 Å². The lowest BCUT2D eigenvalue weighted by Crippen LogP contribution is -2.11. The second kappa shape index (κ2) is 10.2. The van der Waals surface area contributed by atoms with Gasteiger partial charge in [0.05, 0.1) is 6.61 Å². The van der Waals surface area contributed by atoms with E-state index in [9.17, 15) is 4.79 Å². The summed E-state index contributed by atoms with van der Waals surface area (Å²) < 4.78 is 6.45. The van der Waals surface area contributed by atoms with Crippen molar-refractivity contribution in [3.8, 4) is 5.75 Å². The Balaban J connectivity index is 1.52. The van der Waals surface area contributed by atoms with Crippen molar-refractivity contribution in [1.82, 2.24) is 10.2 Å². The Hall–Kier alpha value is -2.38. The van der Waals surface area contributed by atoms with Gasteiger partial charge >= 0.3 is 0 Å². The van der Waals surface area contributed by atoms with Gasteiger partial charge in [0.2, 0.25) is 5.13 Å². The van der Waals surface area contributed by atoms with Gasteiger partial charge in [-0.3, -0.25) is 10.1 Å². The van der Waals surface area contributed by atoms with Gasteiger partial charge in [0.25, 0.3) is 5.91 Å². The molecule has 3 aromatic rings. The number of aromatic nitrogens is 2. The second-order valence-electron chi connectivity index (χ2n) is 6.27. The molecule has 1 N–H and O–H groups in total. The van der Waals surface area contributed by atoms with Crippen LogP contribution < -0.4 is 10.1 Å². The molecule has 0 saturated carbocycles. The first kappa shape index (κ1) is 20.4. The first-order valence-corrected chi connectivity index (χ1v) is 11.0. The smallest absolute Gasteiger partial charge is 0.257 e. The standard InChI is InChI=1S/C21H23N3O2S2/c1-3-4-13-26-18-11-9-16(10-12-18)19(25)22-20-23-24-21(28-20)27-14-17-8-6-5-7-15(17)2/h5-12H,3-4,13-14H2,1-2H3,(H,22,23,25). The van der Waals surface area contributed by atoms with Crippen LogP contribution in [0.2, 0.25) is 0 Å². The van der Waals surface area contributed by atoms with Crippen molar-refractivity contribution in [3.05, 3.63) is 65.2 Å². The molecule has 28 heavy (non-hydrogen) atoms. The van der Waals surface area contributed by atoms with Crippen LogP contribution in [-0.4, -0.2) is 22.7 Å². The second-order valence-corrected chi connectivity index (χ2v) is 8.47. The molecule has 0 atom stereocenters. The zero-order chi connectivity index (χ0) is 19.8. The van der Waals surface area contributed by atoms with E-state index in [4.69, 9.17) is 4.74 Å². The van der Waals surface area contributed by atoms with Crippen molar-refractivity contribution in [2.24, 2.45) is 0 Å². The minimum Gasteiger partial charge on any atom is -0.494 e. The number of hydrogen-bond donors (Lipinski definition) is 1. The number of anilines is 1. The number of unbranched alkanes of at least 4 members (excludes halogenated alkanes) is 1. The summed E-state index contributed by atoms with van der Waals surface area (Å²) in [6.07, 6.45) is 2.11. The Kier molecular flexibility index (Phi) is 7.45. The molecule has 3 rings (SSSR count). The third kappa shape index (κ3) is 5.81. The van der Waals surface area contributed by atoms with Crippen LogP contribution in [0, 0.1) is 6.92 Å². The third-order valence-electron chi connectivity index (χ3n) is 4.12. The van der Waals surface area contributed by atoms with Crippen molar-refractivity contribution in [3.63, 3.8) is 0 Å². The molecule has 0 aliphatic heterocycles. The number of amides is 1. The Labute approximate surface area is 173 Å². The molecule has 0 aliphatic rings. The fourth-order valence-corrected chi connectivity index (χ4v) is 4.26. The van der Waals surface area contributed by atoms with Crippen molar-refractivity contribution in [1.29, 1.82) is 0 Å². The van der Waals surface area contributed by atoms with E-state index in [1.165, 1.54) is 22.5 Å². The molecule has 0 aliphatic carbocycles. The van der Waals surface area contributed by atoms with Crippen LogP contribution in [0.5, 0.6) is 5.75 Å². The van der Waals surface area contributed by atoms with E-state index in [1.54, 1.807) is 23.9 Å². The number of rotatable bonds is 9. The lowest BCUT2D eigenvalue weighted by molar-refractivity contribution is 0.102. The Morgan fingerprint density at radius 3 is 2.68 bits per heavy atom. The van der Waals surface area contributed by atoms with E-state index in [0.29, 0.717) is 17.3 Å². The van der Waals surface area contributed by atoms with Gasteiger partial charge in [0.15, 0.2) is 4.34 Å². The van der Waals surface area contributed by atoms with Gasteiger partial charge in [0.1, 0.15) is 5.75 Å². The highest BCUT2D eigenvalue weighted by Gasteiger charge is 2.11. The van der Waals surface area contributed by atoms with Gasteiger partial charge in [-0.2, -0.15) is 0 Å². The van der Waals surface area contributed by atoms with Crippen LogP contribution in [0.4, 0.5) is 5.13 Å². The molecule has 146 valence electrons. The third-order valence-corrected chi connectivity index (χ3v) is 6.14. The first-order chi connectivity index (χ1) is 13.7. The van der Waals surface area contributed by atoms with Crippen LogP contribution in [0.15, 0.2) is 52.9 Å². The Bertz CT molecular complexity index is 910. The number of nitrogens with one attached hydrogen (secondary N) is 1. The van der Waals surface area contributed by atoms with E-state index < -0.39 is 0 Å². The highest BCUT2D eigenvalue weighted by Crippen LogP contribution is 2.29. The maximum atomic E-state index is 12.4. The largest absolute Gasteiger partial charge is 0.494 e. The summed E-state index contributed by atoms with van der Waals surface area (Å²) in [4.78, 5) is 12.4. The maximum Gasteiger partial charge on any atom is 0.257 e. The zero-order valence-electron chi connectivity index (χ0n) is 16.0. The van der Waals surface area contributed by atoms with Gasteiger partial charge in [-0.25, -0.2) is 0 Å². The van der Waals surface area contributed by atoms with E-state index in [-0.39, 0.29) is 5.91 Å². The number of ether oxygens (including phenoxy) is 1. The van der Waals surface area contributed by atoms with Gasteiger partial charge in [-0.05, 0) is 48.7 Å². The summed E-state index contributed by atoms with van der Waals surface area (Å²) in [5, 5.41) is 11.5. The summed E-state index contributed by atoms with van der Waals surface area (Å²) in [6, 6.07) is 15.4. The number of hydrogen-bond acceptors (Lipinski definition) is 6. The molecule has 1 heterocycles. The zero-order valence-corrected chi connectivity index (χ0v) is 17.6. The molecule has 0 spiro atoms. The number of nitrogens with zero attached hydrogens (tertiary/aromatic N) is 2. The topological polar surface area (TPSA) is 64.1 Å². The predicted molar refractivity (Wildman–Crippen MR) is 115 cm³/mol. The molecule has 0 radical (unpaired) electrons. The number of aryl methyl sites for hydroxylation is 1. The first-order valence-electron chi connectivity index (χ1n) is 9.20. The summed E-state index contributed by atoms with van der Waals surface area (Å²) in [5.74, 6) is 1.40. The molecule has 0 saturated heterocycles. The highest BCUT2D eigenvalue weighted by molar-refractivity contribution is 8.00. The van der Waals surface area contributed by atoms with Crippen molar-refractivity contribution < 1.29 is 9.53 Å². The Morgan fingerprint density at radius 1 is 1.14 bits per heavy atom. The molecule has 7 heteroatoms. The minimum absolute atomic E-state index is 0.202. The van der Waals surface area contributed by atoms with E-state index in [0.717, 1.165) is 28.7 Å². The van der Waals surface area contributed by atoms with Crippen molar-refractivity contribution in [2.45, 2.75) is 36.8 Å². The molecule has 0 bridgehead atoms. The highest BCUT2D eigenvalue weighted by atomic mass is 32.2. The molecule has 2 aromatic carbocycles. The number of carbonyl (C=O) groups is 1. The minimum atomic E-state index is -0.202. The summed E-state index contributed by atoms with van der Waals surface area (Å²) in [6.45, 7) is 4.91. The van der Waals surface area contributed by atoms with E-state index in [1.807, 2.05) is 24.3 Å². The molecule has 1 aromatic heterocycles. The van der Waals surface area contributed by atoms with Gasteiger partial charge in [-0.15, -0.1) is 10.2 Å². The average Bonchev–Trinajstić information content (AvgIpc) is 3.15. The fraction of sp³-hybridized carbons (Fsp3) is 0.286. The lowest BCUT2D eigenvalue weighted by Gasteiger charge is -2.06. The molecule has 5 nitrogen and oxygen atoms in total. The van der Waals surface area contributed by atoms with Gasteiger partial charge in [-0.1, -0.05) is 60.7 Å². The average molecular weight is 414 g/mol. The molecule has 1 amide bonds. The summed E-state index contributed by atoms with van der Waals surface area (Å²) >= 11 is 3.00. The number of thioether (sulfide) groups is 1. The monoisotopic (exact) mass is 413 g/mol. The van der Waals surface area contributed by atoms with Crippen LogP contribution >= 0.6 is 23.1 Å². The molecular weight excluding hydrogens is 390 g/mol. The fourth-order valence-electron chi connectivity index (χ4n) is 2.44. The summed E-state index contributed by atoms with van der Waals surface area (Å²) in [5.41, 5.74) is 3.09. The molecular formula is C21H23N3O2S2. The maximum absolute atomic E-state index is 12.4. The quantitative estimate of drug-likeness (QED) is 0.282. The number of benzene rings is 2. The van der Waals surface area contributed by atoms with Crippen LogP contribution in [-0.2, 0) is 5.75 Å². The normalized spacial score (nSPS) is 10.6. The SMILES string of the molecule is CCCCOc1ccc(C(=O)Nc2nnc(SCc3ccccc3C)s2)cc1. The van der Waals surface area contributed by atoms with Crippen molar-refractivity contribution in [2.75, 3.05) is 11.9 Å². The lowest BCUT2D eigenvalue weighted by atomic mass is 10.1. The molecule has 0 fully saturated rings. The molecule has 0 unspecified atom stereocenters. The van der Waals surface area contributed by atoms with Crippen molar-refractivity contribution >= 4 is 34.1 Å². The van der Waals surface area contributed by atoms with Crippen LogP contribution in [0.25, 0.3) is 0 Å². The van der Waals surface area contributed by atoms with Crippen LogP contribution in [0.1, 0.15) is 41.3 Å². The Morgan fingerprint density at radius 2 is 1.93 bits per heavy atom. The van der Waals surface area contributed by atoms with Gasteiger partial charge < -0.3 is 4.74 Å².